The topological polar surface area (TPSA) is 24.5 Å². The SMILES string of the molecule is COc1ccc(CCN2CCNCC2(C)C)cc1C. The van der Waals surface area contributed by atoms with Crippen molar-refractivity contribution in [2.45, 2.75) is 32.7 Å². The van der Waals surface area contributed by atoms with Gasteiger partial charge in [0.25, 0.3) is 0 Å². The third-order valence-corrected chi connectivity index (χ3v) is 4.10. The molecule has 0 atom stereocenters. The molecule has 0 unspecified atom stereocenters. The van der Waals surface area contributed by atoms with E-state index in [1.165, 1.54) is 11.1 Å². The maximum atomic E-state index is 5.31. The van der Waals surface area contributed by atoms with Gasteiger partial charge in [-0.05, 0) is 44.4 Å². The first-order chi connectivity index (χ1) is 9.03. The first-order valence-corrected chi connectivity index (χ1v) is 7.12. The van der Waals surface area contributed by atoms with Crippen LogP contribution >= 0.6 is 0 Å². The number of nitrogens with one attached hydrogen (secondary N) is 1. The molecule has 0 radical (unpaired) electrons. The summed E-state index contributed by atoms with van der Waals surface area (Å²) in [6.07, 6.45) is 1.11. The monoisotopic (exact) mass is 262 g/mol. The molecular formula is C16H26N2O. The van der Waals surface area contributed by atoms with Gasteiger partial charge in [0.05, 0.1) is 7.11 Å². The highest BCUT2D eigenvalue weighted by Gasteiger charge is 2.28. The van der Waals surface area contributed by atoms with Gasteiger partial charge in [0.2, 0.25) is 0 Å². The number of hydrogen-bond donors (Lipinski definition) is 1. The molecule has 1 saturated heterocycles. The zero-order chi connectivity index (χ0) is 13.9. The zero-order valence-electron chi connectivity index (χ0n) is 12.6. The minimum Gasteiger partial charge on any atom is -0.496 e. The summed E-state index contributed by atoms with van der Waals surface area (Å²) in [5.74, 6) is 0.978. The van der Waals surface area contributed by atoms with Gasteiger partial charge in [-0.3, -0.25) is 4.90 Å². The van der Waals surface area contributed by atoms with Gasteiger partial charge in [0, 0.05) is 31.7 Å². The van der Waals surface area contributed by atoms with Gasteiger partial charge < -0.3 is 10.1 Å². The summed E-state index contributed by atoms with van der Waals surface area (Å²) in [5, 5.41) is 3.47. The Kier molecular flexibility index (Phi) is 4.48. The van der Waals surface area contributed by atoms with Crippen LogP contribution in [0.2, 0.25) is 0 Å². The number of ether oxygens (including phenoxy) is 1. The Morgan fingerprint density at radius 1 is 1.37 bits per heavy atom. The van der Waals surface area contributed by atoms with E-state index in [-0.39, 0.29) is 5.54 Å². The van der Waals surface area contributed by atoms with Crippen LogP contribution < -0.4 is 10.1 Å². The molecule has 106 valence electrons. The minimum absolute atomic E-state index is 0.264. The predicted molar refractivity (Wildman–Crippen MR) is 80.0 cm³/mol. The van der Waals surface area contributed by atoms with Crippen molar-refractivity contribution in [2.75, 3.05) is 33.3 Å². The summed E-state index contributed by atoms with van der Waals surface area (Å²) < 4.78 is 5.31. The van der Waals surface area contributed by atoms with Gasteiger partial charge >= 0.3 is 0 Å². The van der Waals surface area contributed by atoms with Crippen LogP contribution in [-0.2, 0) is 6.42 Å². The molecule has 0 amide bonds. The van der Waals surface area contributed by atoms with E-state index in [2.05, 4.69) is 49.2 Å². The van der Waals surface area contributed by atoms with E-state index in [1.54, 1.807) is 7.11 Å². The molecule has 0 saturated carbocycles. The van der Waals surface area contributed by atoms with E-state index in [4.69, 9.17) is 4.74 Å². The number of rotatable bonds is 4. The van der Waals surface area contributed by atoms with Crippen LogP contribution in [-0.4, -0.2) is 43.7 Å². The second-order valence-electron chi connectivity index (χ2n) is 6.03. The lowest BCUT2D eigenvalue weighted by Crippen LogP contribution is -2.58. The molecule has 3 heteroatoms. The van der Waals surface area contributed by atoms with E-state index in [0.29, 0.717) is 0 Å². The Labute approximate surface area is 116 Å². The van der Waals surface area contributed by atoms with Crippen LogP contribution in [0.15, 0.2) is 18.2 Å². The number of nitrogens with zero attached hydrogens (tertiary/aromatic N) is 1. The average molecular weight is 262 g/mol. The van der Waals surface area contributed by atoms with Crippen LogP contribution in [0.1, 0.15) is 25.0 Å². The molecule has 1 aliphatic heterocycles. The van der Waals surface area contributed by atoms with Crippen LogP contribution in [0.5, 0.6) is 5.75 Å². The molecule has 1 aliphatic rings. The number of methoxy groups -OCH3 is 1. The van der Waals surface area contributed by atoms with Crippen molar-refractivity contribution in [2.24, 2.45) is 0 Å². The second kappa shape index (κ2) is 5.93. The van der Waals surface area contributed by atoms with E-state index < -0.39 is 0 Å². The molecule has 1 aromatic carbocycles. The number of hydrogen-bond acceptors (Lipinski definition) is 3. The molecule has 3 nitrogen and oxygen atoms in total. The summed E-state index contributed by atoms with van der Waals surface area (Å²) in [4.78, 5) is 2.59. The van der Waals surface area contributed by atoms with Crippen LogP contribution in [0.3, 0.4) is 0 Å². The standard InChI is InChI=1S/C16H26N2O/c1-13-11-14(5-6-15(13)19-4)7-9-18-10-8-17-12-16(18,2)3/h5-6,11,17H,7-10,12H2,1-4H3. The van der Waals surface area contributed by atoms with Crippen molar-refractivity contribution >= 4 is 0 Å². The van der Waals surface area contributed by atoms with Crippen molar-refractivity contribution in [3.8, 4) is 5.75 Å². The molecule has 1 N–H and O–H groups in total. The largest absolute Gasteiger partial charge is 0.496 e. The molecule has 2 rings (SSSR count). The molecule has 1 aromatic rings. The second-order valence-corrected chi connectivity index (χ2v) is 6.03. The molecule has 0 bridgehead atoms. The number of benzene rings is 1. The Hall–Kier alpha value is -1.06. The Morgan fingerprint density at radius 2 is 2.16 bits per heavy atom. The van der Waals surface area contributed by atoms with E-state index in [0.717, 1.165) is 38.3 Å². The smallest absolute Gasteiger partial charge is 0.121 e. The highest BCUT2D eigenvalue weighted by molar-refractivity contribution is 5.36. The predicted octanol–water partition coefficient (Wildman–Crippen LogP) is 2.23. The Balaban J connectivity index is 1.96. The fourth-order valence-electron chi connectivity index (χ4n) is 2.80. The third kappa shape index (κ3) is 3.48. The van der Waals surface area contributed by atoms with Gasteiger partial charge in [-0.2, -0.15) is 0 Å². The van der Waals surface area contributed by atoms with Crippen molar-refractivity contribution in [1.82, 2.24) is 10.2 Å². The number of piperazine rings is 1. The van der Waals surface area contributed by atoms with Gasteiger partial charge in [0.15, 0.2) is 0 Å². The average Bonchev–Trinajstić information content (AvgIpc) is 2.37. The lowest BCUT2D eigenvalue weighted by Gasteiger charge is -2.43. The normalized spacial score (nSPS) is 19.4. The molecule has 0 aliphatic carbocycles. The fraction of sp³-hybridized carbons (Fsp3) is 0.625. The molecule has 1 heterocycles. The molecule has 19 heavy (non-hydrogen) atoms. The fourth-order valence-corrected chi connectivity index (χ4v) is 2.80. The Morgan fingerprint density at radius 3 is 2.79 bits per heavy atom. The maximum Gasteiger partial charge on any atom is 0.121 e. The first-order valence-electron chi connectivity index (χ1n) is 7.12. The Bertz CT molecular complexity index is 429. The first kappa shape index (κ1) is 14.4. The zero-order valence-corrected chi connectivity index (χ0v) is 12.6. The van der Waals surface area contributed by atoms with Crippen LogP contribution in [0.25, 0.3) is 0 Å². The van der Waals surface area contributed by atoms with Crippen molar-refractivity contribution in [3.05, 3.63) is 29.3 Å². The minimum atomic E-state index is 0.264. The summed E-state index contributed by atoms with van der Waals surface area (Å²) in [5.41, 5.74) is 2.88. The summed E-state index contributed by atoms with van der Waals surface area (Å²) in [6, 6.07) is 6.50. The maximum absolute atomic E-state index is 5.31. The van der Waals surface area contributed by atoms with Gasteiger partial charge in [-0.1, -0.05) is 12.1 Å². The van der Waals surface area contributed by atoms with Gasteiger partial charge in [-0.15, -0.1) is 0 Å². The van der Waals surface area contributed by atoms with Crippen molar-refractivity contribution in [1.29, 1.82) is 0 Å². The number of aryl methyl sites for hydroxylation is 1. The molecule has 0 spiro atoms. The van der Waals surface area contributed by atoms with E-state index in [9.17, 15) is 0 Å². The third-order valence-electron chi connectivity index (χ3n) is 4.10. The highest BCUT2D eigenvalue weighted by Crippen LogP contribution is 2.20. The van der Waals surface area contributed by atoms with Crippen LogP contribution in [0.4, 0.5) is 0 Å². The lowest BCUT2D eigenvalue weighted by atomic mass is 9.99. The van der Waals surface area contributed by atoms with Gasteiger partial charge in [-0.25, -0.2) is 0 Å². The summed E-state index contributed by atoms with van der Waals surface area (Å²) in [6.45, 7) is 11.2. The molecule has 0 aromatic heterocycles. The van der Waals surface area contributed by atoms with E-state index >= 15 is 0 Å². The molecular weight excluding hydrogens is 236 g/mol. The quantitative estimate of drug-likeness (QED) is 0.900. The van der Waals surface area contributed by atoms with Crippen molar-refractivity contribution < 1.29 is 4.74 Å². The molecule has 1 fully saturated rings. The van der Waals surface area contributed by atoms with Gasteiger partial charge in [0.1, 0.15) is 5.75 Å². The highest BCUT2D eigenvalue weighted by atomic mass is 16.5. The summed E-state index contributed by atoms with van der Waals surface area (Å²) >= 11 is 0. The summed E-state index contributed by atoms with van der Waals surface area (Å²) in [7, 11) is 1.73. The van der Waals surface area contributed by atoms with E-state index in [1.807, 2.05) is 0 Å². The lowest BCUT2D eigenvalue weighted by molar-refractivity contribution is 0.0921. The van der Waals surface area contributed by atoms with Crippen LogP contribution in [0, 0.1) is 6.92 Å². The van der Waals surface area contributed by atoms with Crippen molar-refractivity contribution in [3.63, 3.8) is 0 Å².